The Bertz CT molecular complexity index is 786. The Labute approximate surface area is 120 Å². The molecule has 2 heterocycles. The summed E-state index contributed by atoms with van der Waals surface area (Å²) in [5, 5.41) is 8.61. The molecule has 102 valence electrons. The molecule has 5 heteroatoms. The van der Waals surface area contributed by atoms with Gasteiger partial charge >= 0.3 is 0 Å². The molecule has 4 nitrogen and oxygen atoms in total. The first-order chi connectivity index (χ1) is 10.3. The van der Waals surface area contributed by atoms with Crippen molar-refractivity contribution in [3.63, 3.8) is 0 Å². The van der Waals surface area contributed by atoms with Crippen LogP contribution in [0.4, 0.5) is 4.39 Å². The van der Waals surface area contributed by atoms with Crippen molar-refractivity contribution in [2.75, 3.05) is 0 Å². The number of nitrogens with zero attached hydrogens (tertiary/aromatic N) is 3. The van der Waals surface area contributed by atoms with Crippen LogP contribution in [0, 0.1) is 17.1 Å². The van der Waals surface area contributed by atoms with Crippen LogP contribution >= 0.6 is 0 Å². The Hall–Kier alpha value is -3.00. The summed E-state index contributed by atoms with van der Waals surface area (Å²) in [7, 11) is 0. The van der Waals surface area contributed by atoms with Crippen LogP contribution in [0.1, 0.15) is 5.69 Å². The number of rotatable bonds is 3. The topological polar surface area (TPSA) is 62.7 Å². The second-order valence-corrected chi connectivity index (χ2v) is 4.42. The van der Waals surface area contributed by atoms with E-state index < -0.39 is 0 Å². The molecular formula is C16H10FN3O. The van der Waals surface area contributed by atoms with Crippen LogP contribution in [-0.4, -0.2) is 9.97 Å². The van der Waals surface area contributed by atoms with Gasteiger partial charge in [0.1, 0.15) is 17.8 Å². The fourth-order valence-corrected chi connectivity index (χ4v) is 1.89. The van der Waals surface area contributed by atoms with Gasteiger partial charge in [0, 0.05) is 17.3 Å². The summed E-state index contributed by atoms with van der Waals surface area (Å²) in [6.45, 7) is 0. The molecular weight excluding hydrogens is 269 g/mol. The smallest absolute Gasteiger partial charge is 0.226 e. The van der Waals surface area contributed by atoms with Gasteiger partial charge in [-0.2, -0.15) is 5.26 Å². The van der Waals surface area contributed by atoms with Crippen LogP contribution in [0.5, 0.6) is 0 Å². The molecule has 0 saturated heterocycles. The second kappa shape index (κ2) is 5.55. The van der Waals surface area contributed by atoms with Gasteiger partial charge in [-0.05, 0) is 36.4 Å². The average Bonchev–Trinajstić information content (AvgIpc) is 2.99. The summed E-state index contributed by atoms with van der Waals surface area (Å²) in [5.74, 6) is 0.119. The Balaban J connectivity index is 1.87. The summed E-state index contributed by atoms with van der Waals surface area (Å²) in [6.07, 6.45) is 3.46. The van der Waals surface area contributed by atoms with Gasteiger partial charge in [0.05, 0.1) is 18.2 Å². The standard InChI is InChI=1S/C16H10FN3O/c17-13-4-1-11(2-5-13)16-20-15(10-21-16)12-3-6-14(7-8-18)19-9-12/h1-6,9-10H,7H2. The quantitative estimate of drug-likeness (QED) is 0.734. The van der Waals surface area contributed by atoms with Gasteiger partial charge in [-0.15, -0.1) is 0 Å². The van der Waals surface area contributed by atoms with E-state index in [1.54, 1.807) is 24.4 Å². The molecule has 2 aromatic heterocycles. The van der Waals surface area contributed by atoms with Gasteiger partial charge in [0.25, 0.3) is 0 Å². The lowest BCUT2D eigenvalue weighted by Crippen LogP contribution is -1.88. The van der Waals surface area contributed by atoms with Gasteiger partial charge in [0.15, 0.2) is 0 Å². The molecule has 0 N–H and O–H groups in total. The fourth-order valence-electron chi connectivity index (χ4n) is 1.89. The molecule has 3 aromatic rings. The Morgan fingerprint density at radius 1 is 1.10 bits per heavy atom. The lowest BCUT2D eigenvalue weighted by atomic mass is 10.2. The fraction of sp³-hybridized carbons (Fsp3) is 0.0625. The van der Waals surface area contributed by atoms with Crippen molar-refractivity contribution < 1.29 is 8.81 Å². The summed E-state index contributed by atoms with van der Waals surface area (Å²) in [5.41, 5.74) is 2.86. The molecule has 0 unspecified atom stereocenters. The van der Waals surface area contributed by atoms with Crippen LogP contribution in [0.15, 0.2) is 53.3 Å². The van der Waals surface area contributed by atoms with Crippen LogP contribution in [0.25, 0.3) is 22.7 Å². The third-order valence-electron chi connectivity index (χ3n) is 2.98. The maximum atomic E-state index is 12.9. The highest BCUT2D eigenvalue weighted by Crippen LogP contribution is 2.24. The van der Waals surface area contributed by atoms with E-state index in [4.69, 9.17) is 9.68 Å². The molecule has 0 fully saturated rings. The van der Waals surface area contributed by atoms with Crippen molar-refractivity contribution >= 4 is 0 Å². The normalized spacial score (nSPS) is 10.3. The van der Waals surface area contributed by atoms with Gasteiger partial charge < -0.3 is 4.42 Å². The molecule has 21 heavy (non-hydrogen) atoms. The third kappa shape index (κ3) is 2.79. The average molecular weight is 279 g/mol. The number of nitriles is 1. The molecule has 0 atom stereocenters. The molecule has 0 saturated carbocycles. The predicted octanol–water partition coefficient (Wildman–Crippen LogP) is 3.61. The van der Waals surface area contributed by atoms with Crippen LogP contribution < -0.4 is 0 Å². The number of benzene rings is 1. The summed E-state index contributed by atoms with van der Waals surface area (Å²) in [4.78, 5) is 8.55. The van der Waals surface area contributed by atoms with E-state index in [-0.39, 0.29) is 12.2 Å². The second-order valence-electron chi connectivity index (χ2n) is 4.42. The van der Waals surface area contributed by atoms with Crippen molar-refractivity contribution in [1.29, 1.82) is 5.26 Å². The van der Waals surface area contributed by atoms with E-state index in [0.717, 1.165) is 5.56 Å². The molecule has 0 amide bonds. The number of halogens is 1. The summed E-state index contributed by atoms with van der Waals surface area (Å²) < 4.78 is 18.3. The first-order valence-electron chi connectivity index (χ1n) is 6.30. The van der Waals surface area contributed by atoms with Crippen molar-refractivity contribution in [2.45, 2.75) is 6.42 Å². The number of pyridine rings is 1. The van der Waals surface area contributed by atoms with Crippen LogP contribution in [-0.2, 0) is 6.42 Å². The van der Waals surface area contributed by atoms with E-state index in [2.05, 4.69) is 9.97 Å². The highest BCUT2D eigenvalue weighted by molar-refractivity contribution is 5.62. The zero-order valence-corrected chi connectivity index (χ0v) is 11.0. The molecule has 0 aliphatic heterocycles. The van der Waals surface area contributed by atoms with Crippen molar-refractivity contribution in [3.05, 3.63) is 60.4 Å². The third-order valence-corrected chi connectivity index (χ3v) is 2.98. The number of hydrogen-bond donors (Lipinski definition) is 0. The number of oxazole rings is 1. The monoisotopic (exact) mass is 279 g/mol. The van der Waals surface area contributed by atoms with E-state index in [0.29, 0.717) is 22.8 Å². The Morgan fingerprint density at radius 2 is 1.86 bits per heavy atom. The lowest BCUT2D eigenvalue weighted by Gasteiger charge is -1.97. The SMILES string of the molecule is N#CCc1ccc(-c2coc(-c3ccc(F)cc3)n2)cn1. The number of hydrogen-bond acceptors (Lipinski definition) is 4. The molecule has 0 spiro atoms. The van der Waals surface area contributed by atoms with Gasteiger partial charge in [-0.1, -0.05) is 0 Å². The highest BCUT2D eigenvalue weighted by atomic mass is 19.1. The first kappa shape index (κ1) is 13.0. The van der Waals surface area contributed by atoms with E-state index in [1.165, 1.54) is 18.4 Å². The minimum absolute atomic E-state index is 0.278. The minimum atomic E-state index is -0.303. The Kier molecular flexibility index (Phi) is 3.44. The summed E-state index contributed by atoms with van der Waals surface area (Å²) >= 11 is 0. The molecule has 0 bridgehead atoms. The van der Waals surface area contributed by atoms with Crippen molar-refractivity contribution in [3.8, 4) is 28.8 Å². The molecule has 0 radical (unpaired) electrons. The molecule has 3 rings (SSSR count). The van der Waals surface area contributed by atoms with Crippen LogP contribution in [0.3, 0.4) is 0 Å². The molecule has 0 aliphatic carbocycles. The van der Waals surface area contributed by atoms with Crippen LogP contribution in [0.2, 0.25) is 0 Å². The summed E-state index contributed by atoms with van der Waals surface area (Å²) in [6, 6.07) is 11.6. The van der Waals surface area contributed by atoms with E-state index in [9.17, 15) is 4.39 Å². The highest BCUT2D eigenvalue weighted by Gasteiger charge is 2.09. The zero-order chi connectivity index (χ0) is 14.7. The van der Waals surface area contributed by atoms with Gasteiger partial charge in [-0.25, -0.2) is 9.37 Å². The van der Waals surface area contributed by atoms with Crippen molar-refractivity contribution in [2.24, 2.45) is 0 Å². The van der Waals surface area contributed by atoms with Gasteiger partial charge in [-0.3, -0.25) is 4.98 Å². The van der Waals surface area contributed by atoms with E-state index in [1.807, 2.05) is 12.1 Å². The predicted molar refractivity (Wildman–Crippen MR) is 74.4 cm³/mol. The largest absolute Gasteiger partial charge is 0.444 e. The zero-order valence-electron chi connectivity index (χ0n) is 11.0. The minimum Gasteiger partial charge on any atom is -0.444 e. The van der Waals surface area contributed by atoms with Gasteiger partial charge in [0.2, 0.25) is 5.89 Å². The molecule has 0 aliphatic rings. The Morgan fingerprint density at radius 3 is 2.52 bits per heavy atom. The molecule has 1 aromatic carbocycles. The maximum absolute atomic E-state index is 12.9. The van der Waals surface area contributed by atoms with Crippen molar-refractivity contribution in [1.82, 2.24) is 9.97 Å². The maximum Gasteiger partial charge on any atom is 0.226 e. The van der Waals surface area contributed by atoms with E-state index >= 15 is 0 Å². The lowest BCUT2D eigenvalue weighted by molar-refractivity contribution is 0.574. The first-order valence-corrected chi connectivity index (χ1v) is 6.30. The number of aromatic nitrogens is 2.